The standard InChI is InChI=1S/C15H18FNO2S/c1-11-7-12(16)4-5-15(11)17-8-13(18)9-19-10-14-3-2-6-20-14/h2-7,13,17-18H,8-10H2,1H3. The van der Waals surface area contributed by atoms with Crippen molar-refractivity contribution < 1.29 is 14.2 Å². The first-order valence-electron chi connectivity index (χ1n) is 6.43. The molecule has 1 atom stereocenters. The van der Waals surface area contributed by atoms with Gasteiger partial charge in [0.1, 0.15) is 5.82 Å². The number of hydrogen-bond acceptors (Lipinski definition) is 4. The minimum Gasteiger partial charge on any atom is -0.389 e. The van der Waals surface area contributed by atoms with Crippen LogP contribution in [0.5, 0.6) is 0 Å². The molecule has 20 heavy (non-hydrogen) atoms. The topological polar surface area (TPSA) is 41.5 Å². The number of anilines is 1. The second-order valence-corrected chi connectivity index (χ2v) is 5.62. The number of halogens is 1. The van der Waals surface area contributed by atoms with E-state index in [2.05, 4.69) is 5.32 Å². The van der Waals surface area contributed by atoms with Gasteiger partial charge in [-0.05, 0) is 42.1 Å². The molecule has 0 saturated carbocycles. The highest BCUT2D eigenvalue weighted by atomic mass is 32.1. The highest BCUT2D eigenvalue weighted by molar-refractivity contribution is 7.09. The minimum absolute atomic E-state index is 0.257. The van der Waals surface area contributed by atoms with E-state index in [-0.39, 0.29) is 12.4 Å². The molecule has 1 unspecified atom stereocenters. The van der Waals surface area contributed by atoms with Crippen molar-refractivity contribution in [2.75, 3.05) is 18.5 Å². The van der Waals surface area contributed by atoms with Gasteiger partial charge < -0.3 is 15.2 Å². The third kappa shape index (κ3) is 4.59. The molecule has 0 spiro atoms. The van der Waals surface area contributed by atoms with Crippen LogP contribution in [-0.4, -0.2) is 24.4 Å². The lowest BCUT2D eigenvalue weighted by Crippen LogP contribution is -2.25. The van der Waals surface area contributed by atoms with E-state index in [1.165, 1.54) is 12.1 Å². The van der Waals surface area contributed by atoms with E-state index in [0.717, 1.165) is 16.1 Å². The Balaban J connectivity index is 1.70. The zero-order valence-corrected chi connectivity index (χ0v) is 12.1. The normalized spacial score (nSPS) is 12.3. The van der Waals surface area contributed by atoms with Gasteiger partial charge in [0.05, 0.1) is 19.3 Å². The molecule has 2 N–H and O–H groups in total. The van der Waals surface area contributed by atoms with Gasteiger partial charge in [0.15, 0.2) is 0 Å². The van der Waals surface area contributed by atoms with Crippen LogP contribution in [0.15, 0.2) is 35.7 Å². The molecule has 1 aromatic heterocycles. The highest BCUT2D eigenvalue weighted by Crippen LogP contribution is 2.15. The molecule has 0 aliphatic rings. The second kappa shape index (κ2) is 7.38. The molecule has 1 heterocycles. The van der Waals surface area contributed by atoms with Crippen molar-refractivity contribution in [3.8, 4) is 0 Å². The van der Waals surface area contributed by atoms with Gasteiger partial charge in [-0.15, -0.1) is 11.3 Å². The van der Waals surface area contributed by atoms with E-state index < -0.39 is 6.10 Å². The van der Waals surface area contributed by atoms with E-state index in [1.54, 1.807) is 17.4 Å². The predicted molar refractivity (Wildman–Crippen MR) is 79.6 cm³/mol. The molecule has 0 aliphatic heterocycles. The van der Waals surface area contributed by atoms with Crippen LogP contribution in [0.4, 0.5) is 10.1 Å². The first kappa shape index (κ1) is 15.0. The Hall–Kier alpha value is -1.43. The van der Waals surface area contributed by atoms with Gasteiger partial charge in [0.2, 0.25) is 0 Å². The lowest BCUT2D eigenvalue weighted by atomic mass is 10.2. The summed E-state index contributed by atoms with van der Waals surface area (Å²) in [5.74, 6) is -0.257. The summed E-state index contributed by atoms with van der Waals surface area (Å²) in [5, 5.41) is 14.9. The van der Waals surface area contributed by atoms with Crippen LogP contribution in [0.2, 0.25) is 0 Å². The van der Waals surface area contributed by atoms with Crippen LogP contribution in [0.25, 0.3) is 0 Å². The fourth-order valence-electron chi connectivity index (χ4n) is 1.80. The predicted octanol–water partition coefficient (Wildman–Crippen LogP) is 3.19. The number of thiophene rings is 1. The average molecular weight is 295 g/mol. The summed E-state index contributed by atoms with van der Waals surface area (Å²) >= 11 is 1.63. The summed E-state index contributed by atoms with van der Waals surface area (Å²) in [5.41, 5.74) is 1.64. The van der Waals surface area contributed by atoms with Crippen molar-refractivity contribution in [2.24, 2.45) is 0 Å². The second-order valence-electron chi connectivity index (χ2n) is 4.59. The third-order valence-electron chi connectivity index (χ3n) is 2.85. The number of ether oxygens (including phenoxy) is 1. The molecule has 0 radical (unpaired) electrons. The van der Waals surface area contributed by atoms with Gasteiger partial charge >= 0.3 is 0 Å². The van der Waals surface area contributed by atoms with Crippen molar-refractivity contribution >= 4 is 17.0 Å². The quantitative estimate of drug-likeness (QED) is 0.824. The van der Waals surface area contributed by atoms with Crippen LogP contribution in [0, 0.1) is 12.7 Å². The van der Waals surface area contributed by atoms with Crippen molar-refractivity contribution in [1.29, 1.82) is 0 Å². The number of benzene rings is 1. The molecule has 1 aromatic carbocycles. The van der Waals surface area contributed by atoms with Crippen molar-refractivity contribution in [2.45, 2.75) is 19.6 Å². The van der Waals surface area contributed by atoms with Crippen molar-refractivity contribution in [3.05, 3.63) is 52.0 Å². The monoisotopic (exact) mass is 295 g/mol. The maximum absolute atomic E-state index is 13.0. The number of aliphatic hydroxyl groups is 1. The van der Waals surface area contributed by atoms with Gasteiger partial charge in [-0.1, -0.05) is 6.07 Å². The number of aryl methyl sites for hydroxylation is 1. The van der Waals surface area contributed by atoms with Crippen LogP contribution in [0.1, 0.15) is 10.4 Å². The van der Waals surface area contributed by atoms with Gasteiger partial charge in [-0.25, -0.2) is 4.39 Å². The lowest BCUT2D eigenvalue weighted by Gasteiger charge is -2.14. The Morgan fingerprint density at radius 1 is 1.40 bits per heavy atom. The molecular formula is C15H18FNO2S. The van der Waals surface area contributed by atoms with E-state index in [9.17, 15) is 9.50 Å². The summed E-state index contributed by atoms with van der Waals surface area (Å²) in [6.45, 7) is 2.98. The molecule has 0 fully saturated rings. The van der Waals surface area contributed by atoms with Gasteiger partial charge in [0.25, 0.3) is 0 Å². The Kier molecular flexibility index (Phi) is 5.52. The van der Waals surface area contributed by atoms with Crippen LogP contribution in [-0.2, 0) is 11.3 Å². The third-order valence-corrected chi connectivity index (χ3v) is 3.70. The zero-order chi connectivity index (χ0) is 14.4. The summed E-state index contributed by atoms with van der Waals surface area (Å²) in [6.07, 6.45) is -0.598. The fourth-order valence-corrected chi connectivity index (χ4v) is 2.44. The number of hydrogen-bond donors (Lipinski definition) is 2. The van der Waals surface area contributed by atoms with Crippen LogP contribution in [0.3, 0.4) is 0 Å². The van der Waals surface area contributed by atoms with Crippen molar-refractivity contribution in [3.63, 3.8) is 0 Å². The summed E-state index contributed by atoms with van der Waals surface area (Å²) < 4.78 is 18.4. The minimum atomic E-state index is -0.598. The SMILES string of the molecule is Cc1cc(F)ccc1NCC(O)COCc1cccs1. The average Bonchev–Trinajstić information content (AvgIpc) is 2.91. The van der Waals surface area contributed by atoms with Gasteiger partial charge in [0, 0.05) is 17.1 Å². The fraction of sp³-hybridized carbons (Fsp3) is 0.333. The Labute approximate surface area is 122 Å². The lowest BCUT2D eigenvalue weighted by molar-refractivity contribution is 0.0359. The smallest absolute Gasteiger partial charge is 0.123 e. The van der Waals surface area contributed by atoms with E-state index in [4.69, 9.17) is 4.74 Å². The highest BCUT2D eigenvalue weighted by Gasteiger charge is 2.06. The molecule has 5 heteroatoms. The first-order valence-corrected chi connectivity index (χ1v) is 7.31. The molecule has 2 rings (SSSR count). The molecule has 0 amide bonds. The number of nitrogens with one attached hydrogen (secondary N) is 1. The van der Waals surface area contributed by atoms with Crippen LogP contribution >= 0.6 is 11.3 Å². The molecule has 0 saturated heterocycles. The molecule has 3 nitrogen and oxygen atoms in total. The largest absolute Gasteiger partial charge is 0.389 e. The Morgan fingerprint density at radius 3 is 2.95 bits per heavy atom. The number of rotatable bonds is 7. The Bertz CT molecular complexity index is 531. The van der Waals surface area contributed by atoms with Crippen LogP contribution < -0.4 is 5.32 Å². The zero-order valence-electron chi connectivity index (χ0n) is 11.3. The molecular weight excluding hydrogens is 277 g/mol. The van der Waals surface area contributed by atoms with Crippen molar-refractivity contribution in [1.82, 2.24) is 0 Å². The Morgan fingerprint density at radius 2 is 2.25 bits per heavy atom. The molecule has 2 aromatic rings. The summed E-state index contributed by atoms with van der Waals surface area (Å²) in [4.78, 5) is 1.14. The van der Waals surface area contributed by atoms with E-state index in [0.29, 0.717) is 13.2 Å². The van der Waals surface area contributed by atoms with E-state index in [1.807, 2.05) is 24.4 Å². The summed E-state index contributed by atoms with van der Waals surface area (Å²) in [6, 6.07) is 8.50. The van der Waals surface area contributed by atoms with E-state index >= 15 is 0 Å². The molecule has 0 bridgehead atoms. The summed E-state index contributed by atoms with van der Waals surface area (Å²) in [7, 11) is 0. The first-order chi connectivity index (χ1) is 9.65. The maximum Gasteiger partial charge on any atom is 0.123 e. The maximum atomic E-state index is 13.0. The van der Waals surface area contributed by atoms with Gasteiger partial charge in [-0.2, -0.15) is 0 Å². The molecule has 0 aliphatic carbocycles. The van der Waals surface area contributed by atoms with Gasteiger partial charge in [-0.3, -0.25) is 0 Å². The number of aliphatic hydroxyl groups excluding tert-OH is 1. The molecule has 108 valence electrons.